The molecule has 6 nitrogen and oxygen atoms in total. The summed E-state index contributed by atoms with van der Waals surface area (Å²) in [6.45, 7) is 5.29. The molecule has 4 aromatic rings. The molecule has 42 heavy (non-hydrogen) atoms. The van der Waals surface area contributed by atoms with Gasteiger partial charge >= 0.3 is 12.1 Å². The minimum absolute atomic E-state index is 0.0244. The first-order chi connectivity index (χ1) is 19.7. The number of aromatic nitrogens is 2. The van der Waals surface area contributed by atoms with Crippen LogP contribution in [0.25, 0.3) is 11.1 Å². The zero-order chi connectivity index (χ0) is 30.7. The molecule has 1 unspecified atom stereocenters. The number of hydrogen-bond donors (Lipinski definition) is 0. The van der Waals surface area contributed by atoms with Gasteiger partial charge in [-0.15, -0.1) is 0 Å². The average Bonchev–Trinajstić information content (AvgIpc) is 2.91. The third-order valence-corrected chi connectivity index (χ3v) is 6.61. The molecule has 0 spiro atoms. The molecule has 218 valence electrons. The highest BCUT2D eigenvalue weighted by Gasteiger charge is 2.34. The second-order valence-electron chi connectivity index (χ2n) is 10.8. The molecular formula is C32H28ClF3N2O4. The van der Waals surface area contributed by atoms with Crippen molar-refractivity contribution in [3.8, 4) is 11.1 Å². The van der Waals surface area contributed by atoms with Crippen molar-refractivity contribution in [2.45, 2.75) is 51.4 Å². The van der Waals surface area contributed by atoms with Crippen LogP contribution in [0.2, 0.25) is 5.02 Å². The first-order valence-electron chi connectivity index (χ1n) is 13.0. The molecule has 0 aliphatic carbocycles. The fraction of sp³-hybridized carbons (Fsp3) is 0.250. The van der Waals surface area contributed by atoms with Gasteiger partial charge in [0.15, 0.2) is 5.78 Å². The maximum atomic E-state index is 13.7. The number of ether oxygens (including phenoxy) is 1. The lowest BCUT2D eigenvalue weighted by molar-refractivity contribution is -0.137. The molecule has 0 aliphatic heterocycles. The maximum Gasteiger partial charge on any atom is 0.417 e. The molecule has 0 amide bonds. The van der Waals surface area contributed by atoms with Crippen molar-refractivity contribution in [1.29, 1.82) is 0 Å². The minimum Gasteiger partial charge on any atom is -0.456 e. The highest BCUT2D eigenvalue weighted by Crippen LogP contribution is 2.38. The van der Waals surface area contributed by atoms with Crippen LogP contribution < -0.4 is 5.56 Å². The number of pyridine rings is 2. The number of halogens is 4. The van der Waals surface area contributed by atoms with Crippen molar-refractivity contribution >= 4 is 23.4 Å². The van der Waals surface area contributed by atoms with Crippen LogP contribution in [0, 0.1) is 0 Å². The Morgan fingerprint density at radius 1 is 0.976 bits per heavy atom. The monoisotopic (exact) mass is 596 g/mol. The molecule has 4 rings (SSSR count). The Labute approximate surface area is 245 Å². The van der Waals surface area contributed by atoms with Gasteiger partial charge in [0.25, 0.3) is 5.56 Å². The quantitative estimate of drug-likeness (QED) is 0.202. The van der Waals surface area contributed by atoms with E-state index in [-0.39, 0.29) is 34.8 Å². The largest absolute Gasteiger partial charge is 0.456 e. The van der Waals surface area contributed by atoms with Gasteiger partial charge in [0, 0.05) is 42.5 Å². The van der Waals surface area contributed by atoms with E-state index >= 15 is 0 Å². The number of rotatable bonds is 8. The Kier molecular flexibility index (Phi) is 9.01. The number of ketones is 1. The fourth-order valence-corrected chi connectivity index (χ4v) is 4.61. The van der Waals surface area contributed by atoms with E-state index in [1.807, 2.05) is 0 Å². The van der Waals surface area contributed by atoms with Gasteiger partial charge in [-0.05, 0) is 85.5 Å². The lowest BCUT2D eigenvalue weighted by Gasteiger charge is -2.20. The average molecular weight is 597 g/mol. The molecule has 0 aliphatic rings. The minimum atomic E-state index is -4.66. The van der Waals surface area contributed by atoms with Crippen molar-refractivity contribution < 1.29 is 27.5 Å². The Hall–Kier alpha value is -4.24. The van der Waals surface area contributed by atoms with Gasteiger partial charge in [-0.1, -0.05) is 29.8 Å². The predicted molar refractivity (Wildman–Crippen MR) is 153 cm³/mol. The summed E-state index contributed by atoms with van der Waals surface area (Å²) in [5, 5.41) is 0.0875. The van der Waals surface area contributed by atoms with Crippen molar-refractivity contribution in [2.75, 3.05) is 0 Å². The molecule has 0 fully saturated rings. The summed E-state index contributed by atoms with van der Waals surface area (Å²) >= 11 is 5.98. The second-order valence-corrected chi connectivity index (χ2v) is 11.2. The summed E-state index contributed by atoms with van der Waals surface area (Å²) in [5.41, 5.74) is -0.807. The normalized spacial score (nSPS) is 12.5. The third kappa shape index (κ3) is 7.73. The van der Waals surface area contributed by atoms with Crippen LogP contribution >= 0.6 is 11.6 Å². The molecule has 10 heteroatoms. The van der Waals surface area contributed by atoms with Gasteiger partial charge in [0.05, 0.1) is 17.2 Å². The molecule has 0 saturated carbocycles. The lowest BCUT2D eigenvalue weighted by Crippen LogP contribution is -2.31. The van der Waals surface area contributed by atoms with Crippen LogP contribution in [-0.2, 0) is 28.5 Å². The van der Waals surface area contributed by atoms with E-state index < -0.39 is 34.9 Å². The van der Waals surface area contributed by atoms with Crippen molar-refractivity contribution in [3.05, 3.63) is 123 Å². The van der Waals surface area contributed by atoms with Crippen molar-refractivity contribution in [3.63, 3.8) is 0 Å². The van der Waals surface area contributed by atoms with Gasteiger partial charge < -0.3 is 9.30 Å². The summed E-state index contributed by atoms with van der Waals surface area (Å²) in [7, 11) is 0. The summed E-state index contributed by atoms with van der Waals surface area (Å²) in [5.74, 6) is -0.799. The standard InChI is InChI=1S/C32H28ClF3N2O4/c1-31(2,3)42-30(41)22-8-6-20(7-9-22)16-28(39)27(15-21-5-4-13-37-19-21)38-14-12-23(17-29(38)40)25-18-24(33)10-11-26(25)32(34,35)36/h4-14,17-19,27H,15-16H2,1-3H3. The summed E-state index contributed by atoms with van der Waals surface area (Å²) < 4.78 is 47.6. The van der Waals surface area contributed by atoms with Gasteiger partial charge in [-0.2, -0.15) is 13.2 Å². The van der Waals surface area contributed by atoms with Gasteiger partial charge in [0.1, 0.15) is 5.60 Å². The molecule has 1 atom stereocenters. The maximum absolute atomic E-state index is 13.7. The molecule has 2 heterocycles. The van der Waals surface area contributed by atoms with Crippen molar-refractivity contribution in [2.24, 2.45) is 0 Å². The zero-order valence-corrected chi connectivity index (χ0v) is 23.9. The molecular weight excluding hydrogens is 569 g/mol. The van der Waals surface area contributed by atoms with E-state index in [2.05, 4.69) is 4.98 Å². The molecule has 0 saturated heterocycles. The second kappa shape index (κ2) is 12.3. The Bertz CT molecular complexity index is 1640. The number of carbonyl (C=O) groups is 2. The van der Waals surface area contributed by atoms with Gasteiger partial charge in [-0.3, -0.25) is 14.6 Å². The first kappa shape index (κ1) is 30.7. The smallest absolute Gasteiger partial charge is 0.417 e. The van der Waals surface area contributed by atoms with Crippen molar-refractivity contribution in [1.82, 2.24) is 9.55 Å². The summed E-state index contributed by atoms with van der Waals surface area (Å²) in [6.07, 6.45) is -0.101. The number of hydrogen-bond acceptors (Lipinski definition) is 5. The van der Waals surface area contributed by atoms with Crippen LogP contribution in [0.15, 0.2) is 90.1 Å². The molecule has 0 bridgehead atoms. The van der Waals surface area contributed by atoms with Crippen LogP contribution in [0.5, 0.6) is 0 Å². The van der Waals surface area contributed by atoms with E-state index in [0.29, 0.717) is 16.7 Å². The van der Waals surface area contributed by atoms with Crippen LogP contribution in [0.1, 0.15) is 53.9 Å². The summed E-state index contributed by atoms with van der Waals surface area (Å²) in [6, 6.07) is 14.5. The number of Topliss-reactive ketones (excluding diaryl/α,β-unsaturated/α-hetero) is 1. The third-order valence-electron chi connectivity index (χ3n) is 6.37. The number of carbonyl (C=O) groups excluding carboxylic acids is 2. The highest BCUT2D eigenvalue weighted by atomic mass is 35.5. The Balaban J connectivity index is 1.66. The topological polar surface area (TPSA) is 78.3 Å². The first-order valence-corrected chi connectivity index (χ1v) is 13.4. The Morgan fingerprint density at radius 2 is 1.69 bits per heavy atom. The Morgan fingerprint density at radius 3 is 2.29 bits per heavy atom. The zero-order valence-electron chi connectivity index (χ0n) is 23.1. The van der Waals surface area contributed by atoms with E-state index in [4.69, 9.17) is 16.3 Å². The van der Waals surface area contributed by atoms with E-state index in [0.717, 1.165) is 24.3 Å². The van der Waals surface area contributed by atoms with E-state index in [1.165, 1.54) is 16.8 Å². The number of alkyl halides is 3. The fourth-order valence-electron chi connectivity index (χ4n) is 4.44. The van der Waals surface area contributed by atoms with Crippen LogP contribution in [0.3, 0.4) is 0 Å². The number of esters is 1. The SMILES string of the molecule is CC(C)(C)OC(=O)c1ccc(CC(=O)C(Cc2cccnc2)n2ccc(-c3cc(Cl)ccc3C(F)(F)F)cc2=O)cc1. The van der Waals surface area contributed by atoms with E-state index in [1.54, 1.807) is 69.6 Å². The molecule has 2 aromatic heterocycles. The molecule has 0 radical (unpaired) electrons. The van der Waals surface area contributed by atoms with Gasteiger partial charge in [-0.25, -0.2) is 4.79 Å². The summed E-state index contributed by atoms with van der Waals surface area (Å²) in [4.78, 5) is 43.4. The number of benzene rings is 2. The highest BCUT2D eigenvalue weighted by molar-refractivity contribution is 6.30. The van der Waals surface area contributed by atoms with Gasteiger partial charge in [0.2, 0.25) is 0 Å². The van der Waals surface area contributed by atoms with Crippen LogP contribution in [0.4, 0.5) is 13.2 Å². The van der Waals surface area contributed by atoms with E-state index in [9.17, 15) is 27.6 Å². The predicted octanol–water partition coefficient (Wildman–Crippen LogP) is 7.13. The number of nitrogens with zero attached hydrogens (tertiary/aromatic N) is 2. The molecule has 0 N–H and O–H groups in total. The lowest BCUT2D eigenvalue weighted by atomic mass is 9.96. The molecule has 2 aromatic carbocycles. The van der Waals surface area contributed by atoms with Crippen LogP contribution in [-0.4, -0.2) is 26.9 Å².